The van der Waals surface area contributed by atoms with Gasteiger partial charge in [0.05, 0.1) is 17.2 Å². The number of hydrogen-bond donors (Lipinski definition) is 2. The van der Waals surface area contributed by atoms with Gasteiger partial charge in [0.15, 0.2) is 0 Å². The molecule has 0 saturated carbocycles. The minimum absolute atomic E-state index is 0.0922. The van der Waals surface area contributed by atoms with Crippen molar-refractivity contribution < 1.29 is 0 Å². The van der Waals surface area contributed by atoms with Crippen molar-refractivity contribution in [2.45, 2.75) is 12.8 Å². The highest BCUT2D eigenvalue weighted by Gasteiger charge is 2.00. The second-order valence-corrected chi connectivity index (χ2v) is 3.48. The van der Waals surface area contributed by atoms with E-state index >= 15 is 0 Å². The van der Waals surface area contributed by atoms with Gasteiger partial charge in [-0.2, -0.15) is 0 Å². The number of rotatable bonds is 3. The zero-order chi connectivity index (χ0) is 10.7. The Labute approximate surface area is 87.1 Å². The molecule has 0 aliphatic rings. The van der Waals surface area contributed by atoms with Crippen LogP contribution in [0.15, 0.2) is 29.3 Å². The molecule has 0 amide bonds. The van der Waals surface area contributed by atoms with Gasteiger partial charge in [-0.25, -0.2) is 4.98 Å². The fourth-order valence-corrected chi connectivity index (χ4v) is 1.58. The molecule has 0 aliphatic carbocycles. The quantitative estimate of drug-likeness (QED) is 0.775. The summed E-state index contributed by atoms with van der Waals surface area (Å²) in [4.78, 5) is 18.1. The number of aromatic nitrogens is 2. The molecular weight excluding hydrogens is 190 g/mol. The van der Waals surface area contributed by atoms with Crippen molar-refractivity contribution in [1.29, 1.82) is 0 Å². The fraction of sp³-hybridized carbons (Fsp3) is 0.273. The highest BCUT2D eigenvalue weighted by atomic mass is 16.1. The standard InChI is InChI=1S/C11H13N3O/c12-5-1-2-8-3-4-9-10(6-8)13-7-14-11(9)15/h3-4,6-7H,1-2,5,12H2,(H,13,14,15). The molecule has 1 heterocycles. The predicted octanol–water partition coefficient (Wildman–Crippen LogP) is 0.814. The average molecular weight is 203 g/mol. The lowest BCUT2D eigenvalue weighted by molar-refractivity contribution is 0.833. The second-order valence-electron chi connectivity index (χ2n) is 3.48. The maximum atomic E-state index is 11.4. The monoisotopic (exact) mass is 203 g/mol. The van der Waals surface area contributed by atoms with E-state index in [1.165, 1.54) is 11.9 Å². The van der Waals surface area contributed by atoms with Gasteiger partial charge in [0.25, 0.3) is 5.56 Å². The van der Waals surface area contributed by atoms with Gasteiger partial charge in [-0.05, 0) is 37.1 Å². The van der Waals surface area contributed by atoms with Gasteiger partial charge in [0.1, 0.15) is 0 Å². The number of nitrogens with zero attached hydrogens (tertiary/aromatic N) is 1. The van der Waals surface area contributed by atoms with Gasteiger partial charge >= 0.3 is 0 Å². The topological polar surface area (TPSA) is 71.8 Å². The molecule has 1 aromatic carbocycles. The van der Waals surface area contributed by atoms with Crippen molar-refractivity contribution in [3.05, 3.63) is 40.4 Å². The molecule has 2 aromatic rings. The van der Waals surface area contributed by atoms with Crippen molar-refractivity contribution in [3.8, 4) is 0 Å². The third kappa shape index (κ3) is 2.05. The number of benzene rings is 1. The van der Waals surface area contributed by atoms with E-state index < -0.39 is 0 Å². The molecule has 3 N–H and O–H groups in total. The number of aromatic amines is 1. The summed E-state index contributed by atoms with van der Waals surface area (Å²) in [5, 5.41) is 0.633. The summed E-state index contributed by atoms with van der Waals surface area (Å²) in [7, 11) is 0. The Kier molecular flexibility index (Phi) is 2.78. The van der Waals surface area contributed by atoms with E-state index in [9.17, 15) is 4.79 Å². The van der Waals surface area contributed by atoms with E-state index in [1.54, 1.807) is 0 Å². The van der Waals surface area contributed by atoms with Crippen LogP contribution in [0.5, 0.6) is 0 Å². The minimum atomic E-state index is -0.0922. The molecule has 0 atom stereocenters. The Balaban J connectivity index is 2.43. The molecule has 0 aliphatic heterocycles. The first-order valence-corrected chi connectivity index (χ1v) is 4.97. The largest absolute Gasteiger partial charge is 0.330 e. The van der Waals surface area contributed by atoms with E-state index in [2.05, 4.69) is 9.97 Å². The molecule has 2 rings (SSSR count). The molecular formula is C11H13N3O. The number of nitrogens with one attached hydrogen (secondary N) is 1. The first-order valence-electron chi connectivity index (χ1n) is 4.97. The average Bonchev–Trinajstić information content (AvgIpc) is 2.26. The maximum absolute atomic E-state index is 11.4. The normalized spacial score (nSPS) is 10.7. The Hall–Kier alpha value is -1.68. The van der Waals surface area contributed by atoms with Gasteiger partial charge < -0.3 is 10.7 Å². The third-order valence-corrected chi connectivity index (χ3v) is 2.38. The molecule has 0 spiro atoms. The zero-order valence-electron chi connectivity index (χ0n) is 8.36. The minimum Gasteiger partial charge on any atom is -0.330 e. The lowest BCUT2D eigenvalue weighted by Gasteiger charge is -2.01. The number of hydrogen-bond acceptors (Lipinski definition) is 3. The van der Waals surface area contributed by atoms with Crippen LogP contribution < -0.4 is 11.3 Å². The van der Waals surface area contributed by atoms with Crippen LogP contribution in [-0.2, 0) is 6.42 Å². The van der Waals surface area contributed by atoms with Crippen molar-refractivity contribution in [2.24, 2.45) is 5.73 Å². The fourth-order valence-electron chi connectivity index (χ4n) is 1.58. The smallest absolute Gasteiger partial charge is 0.258 e. The molecule has 78 valence electrons. The number of H-pyrrole nitrogens is 1. The summed E-state index contributed by atoms with van der Waals surface area (Å²) in [6, 6.07) is 5.71. The molecule has 0 unspecified atom stereocenters. The van der Waals surface area contributed by atoms with Gasteiger partial charge in [-0.1, -0.05) is 6.07 Å². The van der Waals surface area contributed by atoms with Crippen LogP contribution in [0.25, 0.3) is 10.9 Å². The highest BCUT2D eigenvalue weighted by Crippen LogP contribution is 2.10. The first kappa shape index (κ1) is 9.86. The van der Waals surface area contributed by atoms with Crippen molar-refractivity contribution >= 4 is 10.9 Å². The van der Waals surface area contributed by atoms with Crippen LogP contribution in [0.2, 0.25) is 0 Å². The summed E-state index contributed by atoms with van der Waals surface area (Å²) in [6.45, 7) is 0.681. The zero-order valence-corrected chi connectivity index (χ0v) is 8.36. The molecule has 4 nitrogen and oxygen atoms in total. The Bertz CT molecular complexity index is 518. The summed E-state index contributed by atoms with van der Waals surface area (Å²) in [5.74, 6) is 0. The van der Waals surface area contributed by atoms with E-state index in [1.807, 2.05) is 18.2 Å². The maximum Gasteiger partial charge on any atom is 0.258 e. The van der Waals surface area contributed by atoms with Crippen molar-refractivity contribution in [2.75, 3.05) is 6.54 Å². The van der Waals surface area contributed by atoms with Crippen LogP contribution in [0.3, 0.4) is 0 Å². The molecule has 0 saturated heterocycles. The van der Waals surface area contributed by atoms with Gasteiger partial charge in [0, 0.05) is 0 Å². The molecule has 1 aromatic heterocycles. The molecule has 0 radical (unpaired) electrons. The van der Waals surface area contributed by atoms with E-state index in [0.717, 1.165) is 18.4 Å². The number of aryl methyl sites for hydroxylation is 1. The van der Waals surface area contributed by atoms with Crippen LogP contribution in [0.1, 0.15) is 12.0 Å². The van der Waals surface area contributed by atoms with Gasteiger partial charge in [-0.15, -0.1) is 0 Å². The Morgan fingerprint density at radius 1 is 1.40 bits per heavy atom. The van der Waals surface area contributed by atoms with E-state index in [0.29, 0.717) is 11.9 Å². The summed E-state index contributed by atoms with van der Waals surface area (Å²) >= 11 is 0. The Morgan fingerprint density at radius 3 is 3.07 bits per heavy atom. The summed E-state index contributed by atoms with van der Waals surface area (Å²) in [6.07, 6.45) is 3.31. The van der Waals surface area contributed by atoms with Gasteiger partial charge in [0.2, 0.25) is 0 Å². The lowest BCUT2D eigenvalue weighted by atomic mass is 10.1. The van der Waals surface area contributed by atoms with Gasteiger partial charge in [-0.3, -0.25) is 4.79 Å². The van der Waals surface area contributed by atoms with Crippen LogP contribution in [0.4, 0.5) is 0 Å². The summed E-state index contributed by atoms with van der Waals surface area (Å²) in [5.41, 5.74) is 7.27. The van der Waals surface area contributed by atoms with E-state index in [-0.39, 0.29) is 5.56 Å². The highest BCUT2D eigenvalue weighted by molar-refractivity contribution is 5.77. The molecule has 4 heteroatoms. The van der Waals surface area contributed by atoms with Crippen molar-refractivity contribution in [3.63, 3.8) is 0 Å². The van der Waals surface area contributed by atoms with Crippen LogP contribution in [0, 0.1) is 0 Å². The lowest BCUT2D eigenvalue weighted by Crippen LogP contribution is -2.06. The number of fused-ring (bicyclic) bond motifs is 1. The Morgan fingerprint density at radius 2 is 2.27 bits per heavy atom. The third-order valence-electron chi connectivity index (χ3n) is 2.38. The van der Waals surface area contributed by atoms with Crippen molar-refractivity contribution in [1.82, 2.24) is 9.97 Å². The number of nitrogens with two attached hydrogens (primary N) is 1. The van der Waals surface area contributed by atoms with Crippen LogP contribution >= 0.6 is 0 Å². The van der Waals surface area contributed by atoms with E-state index in [4.69, 9.17) is 5.73 Å². The van der Waals surface area contributed by atoms with Crippen LogP contribution in [-0.4, -0.2) is 16.5 Å². The second kappa shape index (κ2) is 4.23. The molecule has 0 fully saturated rings. The molecule has 15 heavy (non-hydrogen) atoms. The first-order chi connectivity index (χ1) is 7.31. The summed E-state index contributed by atoms with van der Waals surface area (Å²) < 4.78 is 0. The predicted molar refractivity (Wildman–Crippen MR) is 59.7 cm³/mol. The molecule has 0 bridgehead atoms. The SMILES string of the molecule is NCCCc1ccc2c(=O)[nH]cnc2c1.